The number of benzene rings is 1. The van der Waals surface area contributed by atoms with Gasteiger partial charge in [-0.15, -0.1) is 0 Å². The van der Waals surface area contributed by atoms with E-state index in [2.05, 4.69) is 20.3 Å². The monoisotopic (exact) mass is 363 g/mol. The molecule has 0 aliphatic rings. The average Bonchev–Trinajstić information content (AvgIpc) is 2.56. The van der Waals surface area contributed by atoms with Gasteiger partial charge in [-0.1, -0.05) is 23.7 Å². The number of nitrogen functional groups attached to an aromatic ring is 2. The molecule has 0 aliphatic heterocycles. The summed E-state index contributed by atoms with van der Waals surface area (Å²) in [6, 6.07) is 6.90. The van der Waals surface area contributed by atoms with Crippen LogP contribution in [0.3, 0.4) is 0 Å². The summed E-state index contributed by atoms with van der Waals surface area (Å²) in [5, 5.41) is 11.5. The summed E-state index contributed by atoms with van der Waals surface area (Å²) in [4.78, 5) is 23.6. The molecule has 0 bridgehead atoms. The maximum atomic E-state index is 12.0. The minimum atomic E-state index is -0.674. The van der Waals surface area contributed by atoms with Crippen molar-refractivity contribution in [1.82, 2.24) is 15.3 Å². The lowest BCUT2D eigenvalue weighted by molar-refractivity contribution is 0.0972. The molecule has 0 saturated heterocycles. The quantitative estimate of drug-likeness (QED) is 0.296. The van der Waals surface area contributed by atoms with Crippen molar-refractivity contribution in [3.05, 3.63) is 40.7 Å². The number of guanidine groups is 1. The molecule has 1 aromatic heterocycles. The number of hydrogen-bond donors (Lipinski definition) is 5. The summed E-state index contributed by atoms with van der Waals surface area (Å²) in [6.07, 6.45) is 1.48. The molecule has 0 fully saturated rings. The van der Waals surface area contributed by atoms with Crippen molar-refractivity contribution >= 4 is 35.1 Å². The number of nitrogens with two attached hydrogens (primary N) is 3. The summed E-state index contributed by atoms with van der Waals surface area (Å²) in [7, 11) is 0. The van der Waals surface area contributed by atoms with Gasteiger partial charge in [-0.25, -0.2) is 9.97 Å². The van der Waals surface area contributed by atoms with Crippen LogP contribution < -0.4 is 22.5 Å². The molecular formula is C15H18ClN7O2. The molecule has 132 valence electrons. The standard InChI is InChI=1S/C15H18ClN7O2/c16-11-13(18)22-12(17)10(21-11)14(25)23-15(19)20-7-1-2-8-3-5-9(24)6-4-8/h3-6,24H,1-2,7H2,(H4,17,18,22)(H3,19,20,23,25). The van der Waals surface area contributed by atoms with E-state index in [-0.39, 0.29) is 34.2 Å². The number of amides is 1. The van der Waals surface area contributed by atoms with Gasteiger partial charge >= 0.3 is 0 Å². The van der Waals surface area contributed by atoms with Crippen LogP contribution in [0, 0.1) is 0 Å². The Balaban J connectivity index is 1.87. The van der Waals surface area contributed by atoms with Gasteiger partial charge in [0.2, 0.25) is 0 Å². The second-order valence-electron chi connectivity index (χ2n) is 5.12. The van der Waals surface area contributed by atoms with E-state index < -0.39 is 5.91 Å². The van der Waals surface area contributed by atoms with E-state index >= 15 is 0 Å². The molecule has 0 spiro atoms. The third kappa shape index (κ3) is 5.21. The zero-order valence-electron chi connectivity index (χ0n) is 13.2. The molecule has 0 saturated carbocycles. The Hall–Kier alpha value is -3.07. The van der Waals surface area contributed by atoms with Crippen LogP contribution in [0.1, 0.15) is 22.5 Å². The van der Waals surface area contributed by atoms with Crippen molar-refractivity contribution < 1.29 is 9.90 Å². The van der Waals surface area contributed by atoms with Gasteiger partial charge in [0.05, 0.1) is 0 Å². The number of carbonyl (C=O) groups is 1. The van der Waals surface area contributed by atoms with Gasteiger partial charge < -0.3 is 22.3 Å². The Bertz CT molecular complexity index is 793. The normalized spacial score (nSPS) is 11.3. The molecule has 2 aromatic rings. The van der Waals surface area contributed by atoms with E-state index in [1.807, 2.05) is 12.1 Å². The van der Waals surface area contributed by atoms with Crippen molar-refractivity contribution in [2.75, 3.05) is 18.0 Å². The average molecular weight is 364 g/mol. The van der Waals surface area contributed by atoms with E-state index in [0.717, 1.165) is 18.4 Å². The first-order valence-electron chi connectivity index (χ1n) is 7.34. The number of halogens is 1. The van der Waals surface area contributed by atoms with E-state index in [1.165, 1.54) is 0 Å². The number of hydrogen-bond acceptors (Lipinski definition) is 7. The molecule has 25 heavy (non-hydrogen) atoms. The maximum Gasteiger partial charge on any atom is 0.280 e. The Morgan fingerprint density at radius 1 is 1.20 bits per heavy atom. The number of phenolic OH excluding ortho intramolecular Hbond substituents is 1. The number of aromatic hydroxyl groups is 1. The molecule has 10 heteroatoms. The number of anilines is 2. The molecule has 8 N–H and O–H groups in total. The minimum absolute atomic E-state index is 0.0633. The number of aryl methyl sites for hydroxylation is 1. The number of nitrogens with zero attached hydrogens (tertiary/aromatic N) is 3. The third-order valence-electron chi connectivity index (χ3n) is 3.20. The molecule has 1 heterocycles. The Kier molecular flexibility index (Phi) is 5.96. The van der Waals surface area contributed by atoms with Crippen LogP contribution in [0.5, 0.6) is 5.75 Å². The van der Waals surface area contributed by atoms with Crippen LogP contribution in [0.15, 0.2) is 29.3 Å². The first-order valence-corrected chi connectivity index (χ1v) is 7.72. The summed E-state index contributed by atoms with van der Waals surface area (Å²) < 4.78 is 0. The third-order valence-corrected chi connectivity index (χ3v) is 3.48. The van der Waals surface area contributed by atoms with E-state index in [4.69, 9.17) is 28.8 Å². The SMILES string of the molecule is NC(=NCCCc1ccc(O)cc1)NC(=O)c1nc(Cl)c(N)nc1N. The van der Waals surface area contributed by atoms with Gasteiger partial charge in [0, 0.05) is 6.54 Å². The fourth-order valence-corrected chi connectivity index (χ4v) is 2.10. The maximum absolute atomic E-state index is 12.0. The second kappa shape index (κ2) is 8.15. The summed E-state index contributed by atoms with van der Waals surface area (Å²) in [5.74, 6) is -0.735. The first kappa shape index (κ1) is 18.3. The summed E-state index contributed by atoms with van der Waals surface area (Å²) >= 11 is 5.73. The van der Waals surface area contributed by atoms with Crippen molar-refractivity contribution in [2.45, 2.75) is 12.8 Å². The highest BCUT2D eigenvalue weighted by Gasteiger charge is 2.16. The highest BCUT2D eigenvalue weighted by Crippen LogP contribution is 2.17. The lowest BCUT2D eigenvalue weighted by atomic mass is 10.1. The lowest BCUT2D eigenvalue weighted by Gasteiger charge is -2.07. The van der Waals surface area contributed by atoms with Crippen molar-refractivity contribution in [3.8, 4) is 5.75 Å². The number of phenols is 1. The van der Waals surface area contributed by atoms with Crippen LogP contribution in [-0.4, -0.2) is 33.5 Å². The lowest BCUT2D eigenvalue weighted by Crippen LogP contribution is -2.38. The highest BCUT2D eigenvalue weighted by atomic mass is 35.5. The Morgan fingerprint density at radius 2 is 1.88 bits per heavy atom. The van der Waals surface area contributed by atoms with Crippen LogP contribution >= 0.6 is 11.6 Å². The van der Waals surface area contributed by atoms with Crippen LogP contribution in [0.2, 0.25) is 5.15 Å². The molecule has 0 radical (unpaired) electrons. The fraction of sp³-hybridized carbons (Fsp3) is 0.200. The smallest absolute Gasteiger partial charge is 0.280 e. The molecule has 0 aliphatic carbocycles. The van der Waals surface area contributed by atoms with E-state index in [0.29, 0.717) is 6.54 Å². The van der Waals surface area contributed by atoms with Gasteiger partial charge in [-0.2, -0.15) is 0 Å². The molecule has 0 atom stereocenters. The van der Waals surface area contributed by atoms with Crippen molar-refractivity contribution in [3.63, 3.8) is 0 Å². The number of aromatic nitrogens is 2. The molecule has 2 rings (SSSR count). The van der Waals surface area contributed by atoms with Gasteiger partial charge in [0.25, 0.3) is 5.91 Å². The van der Waals surface area contributed by atoms with Gasteiger partial charge in [-0.3, -0.25) is 15.1 Å². The van der Waals surface area contributed by atoms with Gasteiger partial charge in [0.15, 0.2) is 28.4 Å². The fourth-order valence-electron chi connectivity index (χ4n) is 1.97. The van der Waals surface area contributed by atoms with Gasteiger partial charge in [-0.05, 0) is 30.5 Å². The molecule has 9 nitrogen and oxygen atoms in total. The summed E-state index contributed by atoms with van der Waals surface area (Å²) in [6.45, 7) is 0.413. The van der Waals surface area contributed by atoms with Crippen LogP contribution in [-0.2, 0) is 6.42 Å². The van der Waals surface area contributed by atoms with E-state index in [9.17, 15) is 9.90 Å². The number of rotatable bonds is 5. The number of carbonyl (C=O) groups excluding carboxylic acids is 1. The molecule has 1 amide bonds. The predicted molar refractivity (Wildman–Crippen MR) is 96.3 cm³/mol. The number of nitrogens with one attached hydrogen (secondary N) is 1. The zero-order chi connectivity index (χ0) is 18.4. The van der Waals surface area contributed by atoms with Crippen LogP contribution in [0.25, 0.3) is 0 Å². The zero-order valence-corrected chi connectivity index (χ0v) is 14.0. The summed E-state index contributed by atoms with van der Waals surface area (Å²) in [5.41, 5.74) is 17.6. The number of aliphatic imine (C=N–C) groups is 1. The second-order valence-corrected chi connectivity index (χ2v) is 5.48. The van der Waals surface area contributed by atoms with Crippen molar-refractivity contribution in [2.24, 2.45) is 10.7 Å². The van der Waals surface area contributed by atoms with Crippen LogP contribution in [0.4, 0.5) is 11.6 Å². The molecule has 1 aromatic carbocycles. The van der Waals surface area contributed by atoms with E-state index in [1.54, 1.807) is 12.1 Å². The Labute approximate surface area is 148 Å². The topological polar surface area (TPSA) is 166 Å². The molecule has 0 unspecified atom stereocenters. The van der Waals surface area contributed by atoms with Crippen molar-refractivity contribution in [1.29, 1.82) is 0 Å². The van der Waals surface area contributed by atoms with Gasteiger partial charge in [0.1, 0.15) is 5.75 Å². The molecular weight excluding hydrogens is 346 g/mol. The first-order chi connectivity index (χ1) is 11.9. The predicted octanol–water partition coefficient (Wildman–Crippen LogP) is 0.677. The highest BCUT2D eigenvalue weighted by molar-refractivity contribution is 6.31. The largest absolute Gasteiger partial charge is 0.508 e. The Morgan fingerprint density at radius 3 is 2.56 bits per heavy atom. The minimum Gasteiger partial charge on any atom is -0.508 e.